The lowest BCUT2D eigenvalue weighted by Crippen LogP contribution is -2.19. The number of esters is 1. The molecule has 1 N–H and O–H groups in total. The number of hydrogen-bond acceptors (Lipinski definition) is 4. The summed E-state index contributed by atoms with van der Waals surface area (Å²) in [5, 5.41) is 2.71. The van der Waals surface area contributed by atoms with Crippen molar-refractivity contribution in [2.75, 3.05) is 11.9 Å². The van der Waals surface area contributed by atoms with E-state index < -0.39 is 17.8 Å². The molecule has 4 nitrogen and oxygen atoms in total. The van der Waals surface area contributed by atoms with Crippen molar-refractivity contribution < 1.29 is 22.7 Å². The van der Waals surface area contributed by atoms with Gasteiger partial charge in [0.2, 0.25) is 0 Å². The second-order valence-electron chi connectivity index (χ2n) is 4.11. The molecule has 0 aromatic carbocycles. The number of anilines is 1. The molecule has 0 radical (unpaired) electrons. The van der Waals surface area contributed by atoms with Gasteiger partial charge in [0.1, 0.15) is 17.1 Å². The summed E-state index contributed by atoms with van der Waals surface area (Å²) in [6, 6.07) is 1.67. The highest BCUT2D eigenvalue weighted by atomic mass is 19.4. The molecule has 0 amide bonds. The highest BCUT2D eigenvalue weighted by Gasteiger charge is 2.33. The first-order chi connectivity index (χ1) is 8.75. The van der Waals surface area contributed by atoms with Gasteiger partial charge >= 0.3 is 12.1 Å². The summed E-state index contributed by atoms with van der Waals surface area (Å²) in [7, 11) is 0. The maximum absolute atomic E-state index is 12.6. The van der Waals surface area contributed by atoms with Crippen molar-refractivity contribution in [3.05, 3.63) is 23.4 Å². The van der Waals surface area contributed by atoms with Crippen molar-refractivity contribution in [2.24, 2.45) is 0 Å². The molecule has 106 valence electrons. The average molecular weight is 276 g/mol. The Balaban J connectivity index is 3.20. The van der Waals surface area contributed by atoms with E-state index >= 15 is 0 Å². The predicted molar refractivity (Wildman–Crippen MR) is 64.0 cm³/mol. The van der Waals surface area contributed by atoms with Crippen LogP contribution in [0.2, 0.25) is 0 Å². The summed E-state index contributed by atoms with van der Waals surface area (Å²) >= 11 is 0. The van der Waals surface area contributed by atoms with Gasteiger partial charge in [-0.05, 0) is 32.9 Å². The lowest BCUT2D eigenvalue weighted by Gasteiger charge is -2.15. The molecule has 0 atom stereocenters. The standard InChI is InChI=1S/C12H15F3N2O2/c1-4-19-11(18)8-5-6-9(12(13,14)15)17-10(8)16-7(2)3/h5-7H,4H2,1-3H3,(H,16,17). The maximum atomic E-state index is 12.6. The SMILES string of the molecule is CCOC(=O)c1ccc(C(F)(F)F)nc1NC(C)C. The average Bonchev–Trinajstić information content (AvgIpc) is 2.27. The van der Waals surface area contributed by atoms with Gasteiger partial charge in [-0.25, -0.2) is 9.78 Å². The fourth-order valence-corrected chi connectivity index (χ4v) is 1.37. The number of hydrogen-bond donors (Lipinski definition) is 1. The van der Waals surface area contributed by atoms with Crippen LogP contribution < -0.4 is 5.32 Å². The van der Waals surface area contributed by atoms with E-state index in [-0.39, 0.29) is 24.0 Å². The maximum Gasteiger partial charge on any atom is 0.433 e. The van der Waals surface area contributed by atoms with Crippen molar-refractivity contribution in [1.29, 1.82) is 0 Å². The van der Waals surface area contributed by atoms with Crippen LogP contribution in [0.5, 0.6) is 0 Å². The van der Waals surface area contributed by atoms with E-state index in [1.54, 1.807) is 20.8 Å². The number of pyridine rings is 1. The molecular weight excluding hydrogens is 261 g/mol. The van der Waals surface area contributed by atoms with Crippen LogP contribution in [-0.4, -0.2) is 23.6 Å². The monoisotopic (exact) mass is 276 g/mol. The minimum absolute atomic E-state index is 0.0106. The topological polar surface area (TPSA) is 51.2 Å². The zero-order valence-electron chi connectivity index (χ0n) is 10.8. The number of nitrogens with one attached hydrogen (secondary N) is 1. The van der Waals surface area contributed by atoms with Gasteiger partial charge in [0.25, 0.3) is 0 Å². The zero-order chi connectivity index (χ0) is 14.6. The molecule has 7 heteroatoms. The van der Waals surface area contributed by atoms with Crippen molar-refractivity contribution >= 4 is 11.8 Å². The van der Waals surface area contributed by atoms with Crippen LogP contribution in [0, 0.1) is 0 Å². The number of aromatic nitrogens is 1. The fraction of sp³-hybridized carbons (Fsp3) is 0.500. The van der Waals surface area contributed by atoms with E-state index in [0.717, 1.165) is 12.1 Å². The van der Waals surface area contributed by atoms with Gasteiger partial charge in [-0.3, -0.25) is 0 Å². The first-order valence-electron chi connectivity index (χ1n) is 5.77. The Hall–Kier alpha value is -1.79. The summed E-state index contributed by atoms with van der Waals surface area (Å²) < 4.78 is 42.5. The third kappa shape index (κ3) is 4.11. The minimum atomic E-state index is -4.55. The Morgan fingerprint density at radius 1 is 1.42 bits per heavy atom. The number of ether oxygens (including phenoxy) is 1. The first kappa shape index (κ1) is 15.3. The van der Waals surface area contributed by atoms with Gasteiger partial charge in [-0.15, -0.1) is 0 Å². The van der Waals surface area contributed by atoms with Crippen molar-refractivity contribution in [1.82, 2.24) is 4.98 Å². The number of alkyl halides is 3. The highest BCUT2D eigenvalue weighted by Crippen LogP contribution is 2.29. The smallest absolute Gasteiger partial charge is 0.433 e. The van der Waals surface area contributed by atoms with E-state index in [1.807, 2.05) is 0 Å². The van der Waals surface area contributed by atoms with Gasteiger partial charge in [-0.1, -0.05) is 0 Å². The normalized spacial score (nSPS) is 11.5. The Kier molecular flexibility index (Phi) is 4.74. The van der Waals surface area contributed by atoms with Crippen LogP contribution in [0.4, 0.5) is 19.0 Å². The summed E-state index contributed by atoms with van der Waals surface area (Å²) in [4.78, 5) is 15.1. The lowest BCUT2D eigenvalue weighted by molar-refractivity contribution is -0.141. The third-order valence-corrected chi connectivity index (χ3v) is 2.11. The molecule has 19 heavy (non-hydrogen) atoms. The molecule has 0 bridgehead atoms. The summed E-state index contributed by atoms with van der Waals surface area (Å²) in [5.74, 6) is -0.824. The van der Waals surface area contributed by atoms with E-state index in [1.165, 1.54) is 0 Å². The molecule has 1 aromatic heterocycles. The molecule has 0 unspecified atom stereocenters. The molecule has 0 saturated carbocycles. The van der Waals surface area contributed by atoms with Crippen molar-refractivity contribution in [2.45, 2.75) is 33.0 Å². The molecule has 1 aromatic rings. The summed E-state index contributed by atoms with van der Waals surface area (Å²) in [5.41, 5.74) is -1.06. The Morgan fingerprint density at radius 3 is 2.53 bits per heavy atom. The molecule has 0 fully saturated rings. The Labute approximate surface area is 109 Å². The molecule has 0 spiro atoms. The van der Waals surface area contributed by atoms with Crippen LogP contribution in [0.3, 0.4) is 0 Å². The van der Waals surface area contributed by atoms with Crippen LogP contribution in [-0.2, 0) is 10.9 Å². The van der Waals surface area contributed by atoms with Crippen molar-refractivity contribution in [3.8, 4) is 0 Å². The van der Waals surface area contributed by atoms with E-state index in [0.29, 0.717) is 0 Å². The second-order valence-corrected chi connectivity index (χ2v) is 4.11. The van der Waals surface area contributed by atoms with Gasteiger partial charge in [0, 0.05) is 6.04 Å². The molecule has 0 aliphatic heterocycles. The lowest BCUT2D eigenvalue weighted by atomic mass is 10.2. The van der Waals surface area contributed by atoms with E-state index in [2.05, 4.69) is 10.3 Å². The van der Waals surface area contributed by atoms with Gasteiger partial charge < -0.3 is 10.1 Å². The zero-order valence-corrected chi connectivity index (χ0v) is 10.8. The van der Waals surface area contributed by atoms with Crippen LogP contribution in [0.25, 0.3) is 0 Å². The number of carbonyl (C=O) groups is 1. The number of halogens is 3. The predicted octanol–water partition coefficient (Wildman–Crippen LogP) is 3.10. The fourth-order valence-electron chi connectivity index (χ4n) is 1.37. The Morgan fingerprint density at radius 2 is 2.05 bits per heavy atom. The number of carbonyl (C=O) groups excluding carboxylic acids is 1. The molecule has 1 rings (SSSR count). The molecule has 1 heterocycles. The van der Waals surface area contributed by atoms with Crippen LogP contribution >= 0.6 is 0 Å². The van der Waals surface area contributed by atoms with Gasteiger partial charge in [0.05, 0.1) is 6.61 Å². The second kappa shape index (κ2) is 5.90. The number of rotatable bonds is 4. The summed E-state index contributed by atoms with van der Waals surface area (Å²) in [6.07, 6.45) is -4.55. The molecular formula is C12H15F3N2O2. The number of nitrogens with zero attached hydrogens (tertiary/aromatic N) is 1. The first-order valence-corrected chi connectivity index (χ1v) is 5.77. The van der Waals surface area contributed by atoms with E-state index in [9.17, 15) is 18.0 Å². The molecule has 0 aliphatic carbocycles. The third-order valence-electron chi connectivity index (χ3n) is 2.11. The van der Waals surface area contributed by atoms with Gasteiger partial charge in [-0.2, -0.15) is 13.2 Å². The largest absolute Gasteiger partial charge is 0.462 e. The van der Waals surface area contributed by atoms with Crippen molar-refractivity contribution in [3.63, 3.8) is 0 Å². The molecule has 0 aliphatic rings. The van der Waals surface area contributed by atoms with Crippen LogP contribution in [0.15, 0.2) is 12.1 Å². The quantitative estimate of drug-likeness (QED) is 0.858. The van der Waals surface area contributed by atoms with Crippen LogP contribution in [0.1, 0.15) is 36.8 Å². The van der Waals surface area contributed by atoms with Gasteiger partial charge in [0.15, 0.2) is 0 Å². The Bertz CT molecular complexity index is 459. The summed E-state index contributed by atoms with van der Waals surface area (Å²) in [6.45, 7) is 5.22. The minimum Gasteiger partial charge on any atom is -0.462 e. The molecule has 0 saturated heterocycles. The van der Waals surface area contributed by atoms with E-state index in [4.69, 9.17) is 4.74 Å². The highest BCUT2D eigenvalue weighted by molar-refractivity contribution is 5.94.